The zero-order chi connectivity index (χ0) is 8.72. The number of carbonyl (C=O) groups is 1. The Morgan fingerprint density at radius 2 is 2.42 bits per heavy atom. The highest BCUT2D eigenvalue weighted by molar-refractivity contribution is 9.11. The smallest absolute Gasteiger partial charge is 0.351 e. The average molecular weight is 232 g/mol. The van der Waals surface area contributed by atoms with E-state index in [1.165, 1.54) is 0 Å². The quantitative estimate of drug-likeness (QED) is 0.693. The summed E-state index contributed by atoms with van der Waals surface area (Å²) in [6.07, 6.45) is 3.19. The van der Waals surface area contributed by atoms with Gasteiger partial charge in [-0.05, 0) is 28.1 Å². The number of rotatable bonds is 1. The summed E-state index contributed by atoms with van der Waals surface area (Å²) in [6, 6.07) is -0.0366. The molecule has 0 saturated heterocycles. The van der Waals surface area contributed by atoms with E-state index >= 15 is 0 Å². The molecule has 12 heavy (non-hydrogen) atoms. The highest BCUT2D eigenvalue weighted by atomic mass is 79.9. The Morgan fingerprint density at radius 1 is 1.67 bits per heavy atom. The van der Waals surface area contributed by atoms with Gasteiger partial charge >= 0.3 is 5.97 Å². The van der Waals surface area contributed by atoms with Gasteiger partial charge in [-0.25, -0.2) is 4.79 Å². The molecule has 2 aliphatic rings. The lowest BCUT2D eigenvalue weighted by Crippen LogP contribution is -2.28. The third-order valence-electron chi connectivity index (χ3n) is 1.80. The van der Waals surface area contributed by atoms with Crippen LogP contribution >= 0.6 is 15.9 Å². The van der Waals surface area contributed by atoms with Crippen LogP contribution in [0.15, 0.2) is 22.5 Å². The SMILES string of the molecule is O=C(O)C1=C[C@H]2OC(Br)=C[C@H]2N1. The van der Waals surface area contributed by atoms with E-state index in [2.05, 4.69) is 21.2 Å². The average Bonchev–Trinajstić information content (AvgIpc) is 2.42. The van der Waals surface area contributed by atoms with E-state index in [1.807, 2.05) is 0 Å². The minimum Gasteiger partial charge on any atom is -0.477 e. The normalized spacial score (nSPS) is 31.4. The van der Waals surface area contributed by atoms with Gasteiger partial charge < -0.3 is 15.2 Å². The highest BCUT2D eigenvalue weighted by Gasteiger charge is 2.34. The molecule has 0 saturated carbocycles. The fraction of sp³-hybridized carbons (Fsp3) is 0.286. The van der Waals surface area contributed by atoms with Crippen molar-refractivity contribution in [1.29, 1.82) is 0 Å². The van der Waals surface area contributed by atoms with E-state index < -0.39 is 5.97 Å². The molecule has 0 radical (unpaired) electrons. The molecule has 2 atom stereocenters. The second-order valence-electron chi connectivity index (χ2n) is 2.61. The van der Waals surface area contributed by atoms with Crippen LogP contribution in [0, 0.1) is 0 Å². The van der Waals surface area contributed by atoms with Gasteiger partial charge in [0.25, 0.3) is 0 Å². The molecule has 2 N–H and O–H groups in total. The van der Waals surface area contributed by atoms with E-state index in [0.29, 0.717) is 4.67 Å². The summed E-state index contributed by atoms with van der Waals surface area (Å²) < 4.78 is 5.90. The van der Waals surface area contributed by atoms with Crippen LogP contribution in [0.5, 0.6) is 0 Å². The van der Waals surface area contributed by atoms with E-state index in [4.69, 9.17) is 9.84 Å². The molecule has 2 aliphatic heterocycles. The van der Waals surface area contributed by atoms with Gasteiger partial charge in [0.2, 0.25) is 0 Å². The van der Waals surface area contributed by atoms with Gasteiger partial charge in [0, 0.05) is 0 Å². The van der Waals surface area contributed by atoms with Crippen LogP contribution in [0.1, 0.15) is 0 Å². The van der Waals surface area contributed by atoms with Crippen LogP contribution in [0.3, 0.4) is 0 Å². The summed E-state index contributed by atoms with van der Waals surface area (Å²) in [6.45, 7) is 0. The Kier molecular flexibility index (Phi) is 1.61. The van der Waals surface area contributed by atoms with E-state index in [1.54, 1.807) is 12.2 Å². The summed E-state index contributed by atoms with van der Waals surface area (Å²) in [4.78, 5) is 10.5. The van der Waals surface area contributed by atoms with Crippen molar-refractivity contribution in [1.82, 2.24) is 5.32 Å². The van der Waals surface area contributed by atoms with Gasteiger partial charge in [0.05, 0.1) is 6.04 Å². The molecule has 0 spiro atoms. The number of hydrogen-bond donors (Lipinski definition) is 2. The number of carboxylic acid groups (broad SMARTS) is 1. The molecule has 0 aliphatic carbocycles. The molecule has 5 heteroatoms. The lowest BCUT2D eigenvalue weighted by atomic mass is 10.2. The summed E-state index contributed by atoms with van der Waals surface area (Å²) in [7, 11) is 0. The Bertz CT molecular complexity index is 297. The molecule has 0 bridgehead atoms. The monoisotopic (exact) mass is 231 g/mol. The van der Waals surface area contributed by atoms with Crippen molar-refractivity contribution in [2.24, 2.45) is 0 Å². The first-order valence-corrected chi connectivity index (χ1v) is 4.22. The number of aliphatic carboxylic acids is 1. The van der Waals surface area contributed by atoms with Crippen LogP contribution in [-0.2, 0) is 9.53 Å². The molecule has 0 amide bonds. The summed E-state index contributed by atoms with van der Waals surface area (Å²) in [5.41, 5.74) is 0.209. The number of ether oxygens (including phenoxy) is 1. The van der Waals surface area contributed by atoms with Crippen molar-refractivity contribution in [3.63, 3.8) is 0 Å². The van der Waals surface area contributed by atoms with Crippen molar-refractivity contribution in [2.45, 2.75) is 12.1 Å². The van der Waals surface area contributed by atoms with Crippen LogP contribution in [0.2, 0.25) is 0 Å². The third-order valence-corrected chi connectivity index (χ3v) is 2.25. The van der Waals surface area contributed by atoms with Crippen LogP contribution < -0.4 is 5.32 Å². The first kappa shape index (κ1) is 7.67. The molecule has 64 valence electrons. The second-order valence-corrected chi connectivity index (χ2v) is 3.39. The van der Waals surface area contributed by atoms with Gasteiger partial charge in [-0.3, -0.25) is 0 Å². The predicted octanol–water partition coefficient (Wildman–Crippen LogP) is 0.562. The van der Waals surface area contributed by atoms with Crippen LogP contribution in [0.4, 0.5) is 0 Å². The van der Waals surface area contributed by atoms with Crippen LogP contribution in [0.25, 0.3) is 0 Å². The van der Waals surface area contributed by atoms with E-state index in [-0.39, 0.29) is 17.8 Å². The summed E-state index contributed by atoms with van der Waals surface area (Å²) >= 11 is 3.17. The number of nitrogens with one attached hydrogen (secondary N) is 1. The Hall–Kier alpha value is -0.970. The van der Waals surface area contributed by atoms with Crippen molar-refractivity contribution in [3.05, 3.63) is 22.5 Å². The number of hydrogen-bond acceptors (Lipinski definition) is 3. The van der Waals surface area contributed by atoms with E-state index in [0.717, 1.165) is 0 Å². The standard InChI is InChI=1S/C7H6BrNO3/c8-6-2-3-5(12-6)1-4(9-3)7(10)11/h1-3,5,9H,(H,10,11)/t3-,5-/m1/s1. The number of carboxylic acids is 1. The molecular weight excluding hydrogens is 226 g/mol. The Morgan fingerprint density at radius 3 is 3.00 bits per heavy atom. The summed E-state index contributed by atoms with van der Waals surface area (Å²) in [5.74, 6) is -0.947. The van der Waals surface area contributed by atoms with Gasteiger partial charge in [0.15, 0.2) is 4.67 Å². The zero-order valence-corrected chi connectivity index (χ0v) is 7.54. The predicted molar refractivity (Wildman–Crippen MR) is 44.5 cm³/mol. The largest absolute Gasteiger partial charge is 0.477 e. The lowest BCUT2D eigenvalue weighted by Gasteiger charge is -2.07. The fourth-order valence-electron chi connectivity index (χ4n) is 1.27. The summed E-state index contributed by atoms with van der Waals surface area (Å²) in [5, 5.41) is 11.4. The minimum atomic E-state index is -0.947. The van der Waals surface area contributed by atoms with Crippen LogP contribution in [-0.4, -0.2) is 23.2 Å². The molecular formula is C7H6BrNO3. The Labute approximate surface area is 77.0 Å². The molecule has 0 aromatic rings. The van der Waals surface area contributed by atoms with Crippen molar-refractivity contribution in [3.8, 4) is 0 Å². The maximum absolute atomic E-state index is 10.5. The molecule has 2 heterocycles. The molecule has 0 fully saturated rings. The van der Waals surface area contributed by atoms with Crippen molar-refractivity contribution in [2.75, 3.05) is 0 Å². The Balaban J connectivity index is 2.14. The van der Waals surface area contributed by atoms with Crippen molar-refractivity contribution >= 4 is 21.9 Å². The molecule has 0 unspecified atom stereocenters. The zero-order valence-electron chi connectivity index (χ0n) is 5.95. The molecule has 0 aromatic heterocycles. The van der Waals surface area contributed by atoms with Gasteiger partial charge in [-0.1, -0.05) is 0 Å². The van der Waals surface area contributed by atoms with Gasteiger partial charge in [0.1, 0.15) is 11.8 Å². The van der Waals surface area contributed by atoms with E-state index in [9.17, 15) is 4.79 Å². The molecule has 2 rings (SSSR count). The van der Waals surface area contributed by atoms with Gasteiger partial charge in [-0.2, -0.15) is 0 Å². The second kappa shape index (κ2) is 2.52. The fourth-order valence-corrected chi connectivity index (χ4v) is 1.77. The topological polar surface area (TPSA) is 58.6 Å². The minimum absolute atomic E-state index is 0.0366. The number of fused-ring (bicyclic) bond motifs is 1. The molecule has 0 aromatic carbocycles. The first-order valence-electron chi connectivity index (χ1n) is 3.42. The van der Waals surface area contributed by atoms with Crippen molar-refractivity contribution < 1.29 is 14.6 Å². The lowest BCUT2D eigenvalue weighted by molar-refractivity contribution is -0.133. The number of halogens is 1. The maximum atomic E-state index is 10.5. The first-order chi connectivity index (χ1) is 5.66. The maximum Gasteiger partial charge on any atom is 0.351 e. The third kappa shape index (κ3) is 1.10. The highest BCUT2D eigenvalue weighted by Crippen LogP contribution is 2.27. The molecule has 4 nitrogen and oxygen atoms in total. The van der Waals surface area contributed by atoms with Gasteiger partial charge in [-0.15, -0.1) is 0 Å².